The van der Waals surface area contributed by atoms with Gasteiger partial charge in [0, 0.05) is 64.9 Å². The summed E-state index contributed by atoms with van der Waals surface area (Å²) in [6.07, 6.45) is -1.75. The number of hydrogen-bond acceptors (Lipinski definition) is 23. The second kappa shape index (κ2) is 26.2. The number of pyridine rings is 1. The largest absolute Gasteiger partial charge is 0.480 e. The monoisotopic (exact) mass is 1220 g/mol. The predicted octanol–water partition coefficient (Wildman–Crippen LogP) is 7.33. The molecule has 0 saturated carbocycles. The van der Waals surface area contributed by atoms with Gasteiger partial charge in [-0.25, -0.2) is 34.9 Å². The second-order valence-electron chi connectivity index (χ2n) is 19.0. The number of aliphatic hydroxyl groups is 1. The minimum Gasteiger partial charge on any atom is -0.480 e. The molecular weight excluding hydrogens is 1170 g/mol. The van der Waals surface area contributed by atoms with Crippen LogP contribution in [0.5, 0.6) is 0 Å². The van der Waals surface area contributed by atoms with Gasteiger partial charge in [-0.15, -0.1) is 68.0 Å². The van der Waals surface area contributed by atoms with Crippen LogP contribution in [0.1, 0.15) is 125 Å². The van der Waals surface area contributed by atoms with Gasteiger partial charge in [-0.05, 0) is 37.0 Å². The first kappa shape index (κ1) is 59.2. The van der Waals surface area contributed by atoms with Crippen LogP contribution in [0.4, 0.5) is 5.82 Å². The molecule has 1 aromatic carbocycles. The molecule has 9 rings (SSSR count). The van der Waals surface area contributed by atoms with E-state index in [4.69, 9.17) is 45.5 Å². The number of aliphatic carboxylic acids is 1. The van der Waals surface area contributed by atoms with Crippen LogP contribution in [0.25, 0.3) is 43.4 Å². The highest BCUT2D eigenvalue weighted by Gasteiger charge is 2.33. The van der Waals surface area contributed by atoms with Crippen LogP contribution >= 0.6 is 68.0 Å². The lowest BCUT2D eigenvalue weighted by molar-refractivity contribution is -0.138. The number of carbonyl (C=O) groups excluding carboxylic acids is 6. The number of hydrogen-bond donors (Lipinski definition) is 8. The molecule has 0 saturated heterocycles. The number of Topliss-reactive ketones (excluding diaryl/α,β-unsaturated/α-hetero) is 1. The van der Waals surface area contributed by atoms with Gasteiger partial charge in [0.15, 0.2) is 5.78 Å². The number of ether oxygens (including phenoxy) is 1. The van der Waals surface area contributed by atoms with Gasteiger partial charge >= 0.3 is 5.97 Å². The lowest BCUT2D eigenvalue weighted by atomic mass is 9.90. The van der Waals surface area contributed by atoms with E-state index in [1.807, 2.05) is 13.8 Å². The maximum absolute atomic E-state index is 14.3. The lowest BCUT2D eigenvalue weighted by Gasteiger charge is -2.23. The van der Waals surface area contributed by atoms with Crippen molar-refractivity contribution in [3.63, 3.8) is 0 Å². The average Bonchev–Trinajstić information content (AvgIpc) is 4.36. The van der Waals surface area contributed by atoms with E-state index in [1.54, 1.807) is 70.9 Å². The highest BCUT2D eigenvalue weighted by Crippen LogP contribution is 2.41. The van der Waals surface area contributed by atoms with Crippen molar-refractivity contribution >= 4 is 115 Å². The van der Waals surface area contributed by atoms with E-state index in [0.29, 0.717) is 73.7 Å². The number of carboxylic acids is 1. The topological polar surface area (TPSA) is 346 Å². The molecule has 0 spiro atoms. The van der Waals surface area contributed by atoms with Gasteiger partial charge in [-0.3, -0.25) is 33.6 Å². The molecule has 0 unspecified atom stereocenters. The molecule has 8 heterocycles. The third-order valence-electron chi connectivity index (χ3n) is 12.9. The Morgan fingerprint density at radius 1 is 0.756 bits per heavy atom. The summed E-state index contributed by atoms with van der Waals surface area (Å²) < 4.78 is 5.46. The van der Waals surface area contributed by atoms with Crippen LogP contribution < -0.4 is 32.3 Å². The quantitative estimate of drug-likeness (QED) is 0.0560. The number of anilines is 1. The minimum atomic E-state index is -1.28. The highest BCUT2D eigenvalue weighted by atomic mass is 32.1. The first-order chi connectivity index (χ1) is 39.4. The van der Waals surface area contributed by atoms with Crippen molar-refractivity contribution in [1.82, 2.24) is 56.2 Å². The number of amides is 5. The summed E-state index contributed by atoms with van der Waals surface area (Å²) in [4.78, 5) is 128. The Hall–Kier alpha value is -7.48. The summed E-state index contributed by atoms with van der Waals surface area (Å²) in [5, 5.41) is 43.9. The fourth-order valence-electron chi connectivity index (χ4n) is 8.51. The maximum atomic E-state index is 14.3. The van der Waals surface area contributed by atoms with Crippen molar-refractivity contribution < 1.29 is 48.5 Å². The Bertz CT molecular complexity index is 3680. The Kier molecular flexibility index (Phi) is 18.9. The van der Waals surface area contributed by atoms with Crippen LogP contribution in [0.3, 0.4) is 0 Å². The van der Waals surface area contributed by atoms with Gasteiger partial charge in [-0.2, -0.15) is 0 Å². The van der Waals surface area contributed by atoms with Gasteiger partial charge in [0.2, 0.25) is 17.7 Å². The van der Waals surface area contributed by atoms with Crippen molar-refractivity contribution in [3.05, 3.63) is 111 Å². The molecule has 0 fully saturated rings. The summed E-state index contributed by atoms with van der Waals surface area (Å²) in [5.74, 6) is -4.71. The number of ketones is 1. The second-order valence-corrected chi connectivity index (χ2v) is 24.8. The van der Waals surface area contributed by atoms with Crippen LogP contribution in [-0.4, -0.2) is 113 Å². The van der Waals surface area contributed by atoms with Crippen LogP contribution in [0.15, 0.2) is 64.0 Å². The Morgan fingerprint density at radius 3 is 2.21 bits per heavy atom. The first-order valence-electron chi connectivity index (χ1n) is 25.3. The Morgan fingerprint density at radius 2 is 1.46 bits per heavy atom. The molecule has 0 radical (unpaired) electrons. The number of carbonyl (C=O) groups is 7. The number of fused-ring (bicyclic) bond motifs is 14. The number of aromatic nitrogens is 7. The standard InChI is InChI=1S/C53H53N13O10S6/c1-23(2)27-15-34(67)40-24(3)81-51(65-40)30(16-38(69)55-4)58-45(72)32-20-77-47(60-32)26-11-13-29(49-63-36(22-80-49)62-37(68)14-12-28(54)53(74)75)57-41(26)31-19-78-50(59-31)33-21-79-52(61-33)43(44(71)25-9-7-6-8-10-25)64-39(70)17-56-46(73)42-35(18-76-5)82-48(27)66-42/h6-11,13,19-23,27-28,30,43-44,71H,12,14-18,54H2,1-5H3,(H,55,69)(H,56,73)(H,58,72)(H,62,68)(H,64,70)(H,74,75)/t27-,28+,30+,43+,44+/m1/s1. The van der Waals surface area contributed by atoms with E-state index in [9.17, 15) is 38.7 Å². The maximum Gasteiger partial charge on any atom is 0.320 e. The van der Waals surface area contributed by atoms with Crippen LogP contribution in [0.2, 0.25) is 0 Å². The zero-order valence-electron chi connectivity index (χ0n) is 44.4. The number of carboxylic acid groups (broad SMARTS) is 1. The normalized spacial score (nSPS) is 16.9. The number of aliphatic hydroxyl groups excluding tert-OH is 1. The van der Waals surface area contributed by atoms with Gasteiger partial charge in [-0.1, -0.05) is 44.2 Å². The lowest BCUT2D eigenvalue weighted by Crippen LogP contribution is -2.40. The van der Waals surface area contributed by atoms with Crippen molar-refractivity contribution in [2.75, 3.05) is 26.0 Å². The van der Waals surface area contributed by atoms with Crippen molar-refractivity contribution in [3.8, 4) is 43.4 Å². The van der Waals surface area contributed by atoms with E-state index in [1.165, 1.54) is 70.8 Å². The summed E-state index contributed by atoms with van der Waals surface area (Å²) in [6, 6.07) is 8.95. The van der Waals surface area contributed by atoms with E-state index >= 15 is 0 Å². The number of nitrogens with two attached hydrogens (primary N) is 1. The molecule has 0 aliphatic carbocycles. The number of benzene rings is 1. The fourth-order valence-corrected chi connectivity index (χ4v) is 14.1. The van der Waals surface area contributed by atoms with E-state index in [-0.39, 0.29) is 66.9 Å². The number of nitrogens with one attached hydrogen (secondary N) is 5. The summed E-state index contributed by atoms with van der Waals surface area (Å²) in [6.45, 7) is 5.13. The smallest absolute Gasteiger partial charge is 0.320 e. The molecular formula is C53H53N13O10S6. The SMILES string of the molecule is CNC(=O)C[C@@H]1NC(=O)c2csc(n2)-c2ccc(-c3nc(NC(=O)CC[C@H](N)C(=O)O)cs3)nc2-c2csc(n2)-c2csc(n2)[C@H]([C@@H](O)c2ccccc2)NC(=O)CNC(=O)c2nc(sc2COC)[C@@H](C(C)C)CC(=O)c2nc1sc2C. The van der Waals surface area contributed by atoms with E-state index in [2.05, 4.69) is 31.6 Å². The summed E-state index contributed by atoms with van der Waals surface area (Å²) in [7, 11) is 2.95. The molecule has 1 aliphatic heterocycles. The molecule has 23 nitrogen and oxygen atoms in total. The Balaban J connectivity index is 1.11. The van der Waals surface area contributed by atoms with Gasteiger partial charge in [0.05, 0.1) is 41.2 Å². The van der Waals surface area contributed by atoms with E-state index in [0.717, 1.165) is 11.3 Å². The van der Waals surface area contributed by atoms with Gasteiger partial charge in [0.25, 0.3) is 11.8 Å². The third-order valence-corrected chi connectivity index (χ3v) is 18.6. The van der Waals surface area contributed by atoms with Gasteiger partial charge in [0.1, 0.15) is 83.2 Å². The third kappa shape index (κ3) is 13.7. The molecule has 9 N–H and O–H groups in total. The number of aryl methyl sites for hydroxylation is 1. The summed E-state index contributed by atoms with van der Waals surface area (Å²) in [5.41, 5.74) is 8.33. The van der Waals surface area contributed by atoms with Crippen molar-refractivity contribution in [2.45, 2.75) is 83.2 Å². The molecule has 426 valence electrons. The molecule has 10 bridgehead atoms. The number of nitrogens with zero attached hydrogens (tertiary/aromatic N) is 7. The molecule has 82 heavy (non-hydrogen) atoms. The summed E-state index contributed by atoms with van der Waals surface area (Å²) >= 11 is 7.18. The molecule has 5 amide bonds. The Labute approximate surface area is 492 Å². The van der Waals surface area contributed by atoms with Crippen molar-refractivity contribution in [2.24, 2.45) is 11.7 Å². The number of rotatable bonds is 13. The zero-order valence-corrected chi connectivity index (χ0v) is 49.3. The molecule has 7 aromatic heterocycles. The van der Waals surface area contributed by atoms with Crippen LogP contribution in [-0.2, 0) is 30.5 Å². The highest BCUT2D eigenvalue weighted by molar-refractivity contribution is 7.15. The van der Waals surface area contributed by atoms with E-state index < -0.39 is 72.2 Å². The van der Waals surface area contributed by atoms with Crippen molar-refractivity contribution in [1.29, 1.82) is 0 Å². The molecule has 5 atom stereocenters. The van der Waals surface area contributed by atoms with Gasteiger partial charge < -0.3 is 47.3 Å². The first-order valence-corrected chi connectivity index (χ1v) is 30.5. The zero-order chi connectivity index (χ0) is 58.4. The average molecular weight is 1220 g/mol. The molecule has 1 aliphatic rings. The predicted molar refractivity (Wildman–Crippen MR) is 312 cm³/mol. The molecule has 29 heteroatoms. The minimum absolute atomic E-state index is 0.0208. The fraction of sp³-hybridized carbons (Fsp3) is 0.321. The molecule has 8 aromatic rings. The van der Waals surface area contributed by atoms with Crippen LogP contribution in [0, 0.1) is 12.8 Å². The number of methoxy groups -OCH3 is 1. The number of thiazole rings is 6.